The maximum Gasteiger partial charge on any atom is 0.404 e. The van der Waals surface area contributed by atoms with Gasteiger partial charge in [0.25, 0.3) is 0 Å². The first kappa shape index (κ1) is 39.9. The zero-order valence-electron chi connectivity index (χ0n) is 29.6. The van der Waals surface area contributed by atoms with Crippen LogP contribution in [-0.4, -0.2) is 96.0 Å². The Morgan fingerprint density at radius 2 is 1.52 bits per heavy atom. The van der Waals surface area contributed by atoms with Crippen molar-refractivity contribution in [2.75, 3.05) is 33.2 Å². The lowest BCUT2D eigenvalue weighted by Crippen LogP contribution is -2.57. The van der Waals surface area contributed by atoms with Gasteiger partial charge in [0, 0.05) is 39.1 Å². The Hall–Kier alpha value is -4.49. The van der Waals surface area contributed by atoms with Crippen LogP contribution in [0.4, 0.5) is 9.59 Å². The van der Waals surface area contributed by atoms with Crippen molar-refractivity contribution in [3.8, 4) is 0 Å². The molecule has 274 valence electrons. The predicted molar refractivity (Wildman–Crippen MR) is 192 cm³/mol. The Labute approximate surface area is 295 Å². The summed E-state index contributed by atoms with van der Waals surface area (Å²) in [5.74, 6) is -2.24. The van der Waals surface area contributed by atoms with Crippen LogP contribution in [0, 0.1) is 11.8 Å². The van der Waals surface area contributed by atoms with Gasteiger partial charge in [-0.2, -0.15) is 0 Å². The summed E-state index contributed by atoms with van der Waals surface area (Å²) < 4.78 is 0. The number of Topliss-reactive ketones (excluding diaryl/α,β-unsaturated/α-hetero) is 1. The van der Waals surface area contributed by atoms with Gasteiger partial charge in [0.2, 0.25) is 11.8 Å². The topological polar surface area (TPSA) is 200 Å². The Bertz CT molecular complexity index is 1390. The number of ketones is 1. The van der Waals surface area contributed by atoms with E-state index in [-0.39, 0.29) is 43.0 Å². The molecule has 0 aliphatic carbocycles. The highest BCUT2D eigenvalue weighted by atomic mass is 16.4. The van der Waals surface area contributed by atoms with Crippen LogP contribution in [0.3, 0.4) is 0 Å². The number of nitrogens with one attached hydrogen (secondary N) is 3. The van der Waals surface area contributed by atoms with Crippen molar-refractivity contribution in [2.24, 2.45) is 23.3 Å². The van der Waals surface area contributed by atoms with Gasteiger partial charge >= 0.3 is 12.1 Å². The number of piperidine rings is 1. The van der Waals surface area contributed by atoms with Crippen LogP contribution in [0.2, 0.25) is 0 Å². The van der Waals surface area contributed by atoms with Gasteiger partial charge in [-0.05, 0) is 55.7 Å². The smallest absolute Gasteiger partial charge is 0.404 e. The molecule has 0 radical (unpaired) electrons. The molecule has 0 bridgehead atoms. The summed E-state index contributed by atoms with van der Waals surface area (Å²) in [6, 6.07) is 15.5. The van der Waals surface area contributed by atoms with Crippen molar-refractivity contribution in [3.05, 3.63) is 71.8 Å². The molecule has 2 aromatic rings. The maximum atomic E-state index is 14.3. The zero-order chi connectivity index (χ0) is 36.6. The van der Waals surface area contributed by atoms with Crippen LogP contribution >= 0.6 is 0 Å². The molecule has 1 aliphatic heterocycles. The Balaban J connectivity index is 1.84. The second kappa shape index (κ2) is 20.2. The number of carbonyl (C=O) groups is 5. The van der Waals surface area contributed by atoms with Crippen LogP contribution < -0.4 is 27.4 Å². The fourth-order valence-electron chi connectivity index (χ4n) is 6.40. The molecule has 1 aliphatic rings. The lowest BCUT2D eigenvalue weighted by Gasteiger charge is -2.35. The quantitative estimate of drug-likeness (QED) is 0.101. The molecule has 1 saturated heterocycles. The minimum Gasteiger partial charge on any atom is -0.465 e. The Morgan fingerprint density at radius 1 is 0.900 bits per heavy atom. The van der Waals surface area contributed by atoms with E-state index < -0.39 is 42.1 Å². The molecule has 1 unspecified atom stereocenters. The third-order valence-corrected chi connectivity index (χ3v) is 9.18. The molecule has 8 N–H and O–H groups in total. The largest absolute Gasteiger partial charge is 0.465 e. The molecule has 1 heterocycles. The second-order valence-corrected chi connectivity index (χ2v) is 13.4. The molecule has 2 aromatic carbocycles. The van der Waals surface area contributed by atoms with Crippen molar-refractivity contribution in [1.82, 2.24) is 25.8 Å². The molecular formula is C37H55N7O6. The summed E-state index contributed by atoms with van der Waals surface area (Å²) in [5, 5.41) is 17.4. The van der Waals surface area contributed by atoms with E-state index >= 15 is 0 Å². The van der Waals surface area contributed by atoms with Crippen molar-refractivity contribution in [1.29, 1.82) is 0 Å². The molecule has 5 amide bonds. The Kier molecular flexibility index (Phi) is 16.2. The van der Waals surface area contributed by atoms with E-state index in [0.717, 1.165) is 11.1 Å². The average molecular weight is 694 g/mol. The van der Waals surface area contributed by atoms with Crippen molar-refractivity contribution in [2.45, 2.75) is 83.0 Å². The van der Waals surface area contributed by atoms with Crippen LogP contribution in [0.15, 0.2) is 60.7 Å². The molecule has 0 aromatic heterocycles. The first-order valence-electron chi connectivity index (χ1n) is 17.6. The highest BCUT2D eigenvalue weighted by Crippen LogP contribution is 2.22. The molecule has 4 atom stereocenters. The third kappa shape index (κ3) is 12.1. The van der Waals surface area contributed by atoms with E-state index in [2.05, 4.69) is 16.0 Å². The van der Waals surface area contributed by atoms with E-state index in [9.17, 15) is 24.0 Å². The fraction of sp³-hybridized carbons (Fsp3) is 0.541. The first-order valence-corrected chi connectivity index (χ1v) is 17.6. The molecular weight excluding hydrogens is 638 g/mol. The number of nitrogens with two attached hydrogens (primary N) is 2. The minimum absolute atomic E-state index is 0.00589. The van der Waals surface area contributed by atoms with Crippen LogP contribution in [0.1, 0.15) is 69.5 Å². The van der Waals surface area contributed by atoms with Gasteiger partial charge in [-0.25, -0.2) is 9.59 Å². The van der Waals surface area contributed by atoms with E-state index in [0.29, 0.717) is 51.7 Å². The number of rotatable bonds is 18. The summed E-state index contributed by atoms with van der Waals surface area (Å²) in [6.45, 7) is 5.09. The number of carboxylic acid groups (broad SMARTS) is 1. The number of hydrogen-bond donors (Lipinski definition) is 6. The van der Waals surface area contributed by atoms with Crippen LogP contribution in [0.25, 0.3) is 0 Å². The number of benzene rings is 2. The van der Waals surface area contributed by atoms with Crippen molar-refractivity contribution >= 4 is 29.7 Å². The van der Waals surface area contributed by atoms with Gasteiger partial charge < -0.3 is 42.3 Å². The molecule has 1 fully saturated rings. The molecule has 3 rings (SSSR count). The molecule has 13 heteroatoms. The number of hydrogen-bond acceptors (Lipinski definition) is 7. The second-order valence-electron chi connectivity index (χ2n) is 13.4. The lowest BCUT2D eigenvalue weighted by molar-refractivity contribution is -0.144. The number of urea groups is 1. The van der Waals surface area contributed by atoms with Gasteiger partial charge in [0.15, 0.2) is 5.78 Å². The maximum absolute atomic E-state index is 14.3. The standard InChI is InChI=1S/C37H55N7O6/c1-25(2)22-30(33(45)29(16-10-11-19-38)35(47)44-20-17-28(18-21-44)40-37(49)50)41-34(46)31(23-26-12-6-4-7-13-26)42-36(48)43(3)32(24-39)27-14-8-5-9-15-27/h4-9,12-15,25,28-32,40H,10-11,16-24,38-39H2,1-3H3,(H,41,46)(H,42,48)(H,49,50)/t29-,30-,31-,32?/m1/s1. The van der Waals surface area contributed by atoms with Crippen LogP contribution in [-0.2, 0) is 20.8 Å². The average Bonchev–Trinajstić information content (AvgIpc) is 3.10. The highest BCUT2D eigenvalue weighted by Gasteiger charge is 2.38. The number of unbranched alkanes of at least 4 members (excludes halogenated alkanes) is 1. The summed E-state index contributed by atoms with van der Waals surface area (Å²) in [7, 11) is 1.63. The fourth-order valence-corrected chi connectivity index (χ4v) is 6.40. The molecule has 13 nitrogen and oxygen atoms in total. The summed E-state index contributed by atoms with van der Waals surface area (Å²) in [6.07, 6.45) is 1.71. The van der Waals surface area contributed by atoms with E-state index in [4.69, 9.17) is 16.6 Å². The Morgan fingerprint density at radius 3 is 2.08 bits per heavy atom. The van der Waals surface area contributed by atoms with Gasteiger partial charge in [0.05, 0.1) is 18.0 Å². The molecule has 50 heavy (non-hydrogen) atoms. The van der Waals surface area contributed by atoms with Gasteiger partial charge in [-0.1, -0.05) is 80.9 Å². The minimum atomic E-state index is -1.11. The van der Waals surface area contributed by atoms with Gasteiger partial charge in [-0.3, -0.25) is 14.4 Å². The molecule has 0 saturated carbocycles. The van der Waals surface area contributed by atoms with E-state index in [1.54, 1.807) is 11.9 Å². The molecule has 0 spiro atoms. The summed E-state index contributed by atoms with van der Waals surface area (Å²) in [5.41, 5.74) is 13.5. The van der Waals surface area contributed by atoms with E-state index in [1.165, 1.54) is 4.90 Å². The highest BCUT2D eigenvalue weighted by molar-refractivity contribution is 6.05. The van der Waals surface area contributed by atoms with Gasteiger partial charge in [0.1, 0.15) is 6.04 Å². The lowest BCUT2D eigenvalue weighted by atomic mass is 9.87. The number of carbonyl (C=O) groups excluding carboxylic acids is 4. The van der Waals surface area contributed by atoms with Crippen LogP contribution in [0.5, 0.6) is 0 Å². The number of nitrogens with zero attached hydrogens (tertiary/aromatic N) is 2. The van der Waals surface area contributed by atoms with Crippen molar-refractivity contribution < 1.29 is 29.1 Å². The van der Waals surface area contributed by atoms with Crippen molar-refractivity contribution in [3.63, 3.8) is 0 Å². The predicted octanol–water partition coefficient (Wildman–Crippen LogP) is 3.04. The number of likely N-dealkylation sites (N-methyl/N-ethyl adjacent to an activating group) is 1. The number of likely N-dealkylation sites (tertiary alicyclic amines) is 1. The van der Waals surface area contributed by atoms with E-state index in [1.807, 2.05) is 74.5 Å². The first-order chi connectivity index (χ1) is 23.9. The number of amides is 5. The summed E-state index contributed by atoms with van der Waals surface area (Å²) >= 11 is 0. The normalized spacial score (nSPS) is 15.8. The SMILES string of the molecule is CC(C)C[C@@H](NC(=O)[C@@H](Cc1ccccc1)NC(=O)N(C)C(CN)c1ccccc1)C(=O)[C@@H](CCCCN)C(=O)N1CCC(NC(=O)O)CC1. The zero-order valence-corrected chi connectivity index (χ0v) is 29.6. The van der Waals surface area contributed by atoms with Gasteiger partial charge in [-0.15, -0.1) is 0 Å². The third-order valence-electron chi connectivity index (χ3n) is 9.18. The monoisotopic (exact) mass is 693 g/mol. The summed E-state index contributed by atoms with van der Waals surface area (Å²) in [4.78, 5) is 70.1.